The summed E-state index contributed by atoms with van der Waals surface area (Å²) in [6, 6.07) is 11.6. The van der Waals surface area contributed by atoms with Crippen LogP contribution in [0.25, 0.3) is 0 Å². The largest absolute Gasteiger partial charge is 0.378 e. The fourth-order valence-corrected chi connectivity index (χ4v) is 3.29. The first-order chi connectivity index (χ1) is 10.8. The molecule has 0 spiro atoms. The van der Waals surface area contributed by atoms with E-state index >= 15 is 0 Å². The number of thioether (sulfide) groups is 1. The van der Waals surface area contributed by atoms with Crippen molar-refractivity contribution in [2.45, 2.75) is 10.4 Å². The third-order valence-corrected chi connectivity index (χ3v) is 4.55. The summed E-state index contributed by atoms with van der Waals surface area (Å²) in [7, 11) is 0. The molecule has 0 saturated carbocycles. The van der Waals surface area contributed by atoms with Crippen LogP contribution in [-0.4, -0.2) is 47.1 Å². The zero-order valence-corrected chi connectivity index (χ0v) is 12.9. The summed E-state index contributed by atoms with van der Waals surface area (Å²) in [5, 5.41) is 0.277. The Bertz CT molecular complexity index is 603. The molecule has 114 valence electrons. The van der Waals surface area contributed by atoms with E-state index in [-0.39, 0.29) is 11.2 Å². The lowest BCUT2D eigenvalue weighted by Gasteiger charge is -2.30. The fourth-order valence-electron chi connectivity index (χ4n) is 2.29. The van der Waals surface area contributed by atoms with E-state index in [1.165, 1.54) is 11.8 Å². The first-order valence-corrected chi connectivity index (χ1v) is 8.08. The van der Waals surface area contributed by atoms with Crippen LogP contribution in [0.5, 0.6) is 0 Å². The van der Waals surface area contributed by atoms with Gasteiger partial charge in [0.1, 0.15) is 5.25 Å². The number of carbonyl (C=O) groups excluding carboxylic acids is 1. The second kappa shape index (κ2) is 7.38. The van der Waals surface area contributed by atoms with Crippen LogP contribution >= 0.6 is 11.8 Å². The second-order valence-electron chi connectivity index (χ2n) is 4.88. The topological polar surface area (TPSA) is 55.3 Å². The van der Waals surface area contributed by atoms with Crippen molar-refractivity contribution >= 4 is 17.7 Å². The first-order valence-electron chi connectivity index (χ1n) is 7.20. The van der Waals surface area contributed by atoms with Gasteiger partial charge in [0.15, 0.2) is 5.16 Å². The van der Waals surface area contributed by atoms with Gasteiger partial charge in [-0.3, -0.25) is 4.79 Å². The first kappa shape index (κ1) is 15.0. The standard InChI is InChI=1S/C16H17N3O2S/c20-15(19-9-11-21-12-10-19)14(13-5-2-1-3-6-13)22-16-17-7-4-8-18-16/h1-8,14H,9-12H2. The summed E-state index contributed by atoms with van der Waals surface area (Å²) in [6.07, 6.45) is 3.38. The van der Waals surface area contributed by atoms with Gasteiger partial charge in [0.25, 0.3) is 0 Å². The summed E-state index contributed by atoms with van der Waals surface area (Å²) < 4.78 is 5.33. The highest BCUT2D eigenvalue weighted by molar-refractivity contribution is 8.00. The predicted molar refractivity (Wildman–Crippen MR) is 84.5 cm³/mol. The van der Waals surface area contributed by atoms with Gasteiger partial charge >= 0.3 is 0 Å². The van der Waals surface area contributed by atoms with Crippen LogP contribution in [0.3, 0.4) is 0 Å². The molecular formula is C16H17N3O2S. The van der Waals surface area contributed by atoms with Gasteiger partial charge in [0, 0.05) is 25.5 Å². The zero-order chi connectivity index (χ0) is 15.2. The maximum atomic E-state index is 12.9. The average molecular weight is 315 g/mol. The van der Waals surface area contributed by atoms with Crippen molar-refractivity contribution in [2.24, 2.45) is 0 Å². The molecule has 0 aliphatic carbocycles. The molecule has 1 unspecified atom stereocenters. The Kier molecular flexibility index (Phi) is 5.03. The predicted octanol–water partition coefficient (Wildman–Crippen LogP) is 2.17. The van der Waals surface area contributed by atoms with E-state index in [9.17, 15) is 4.79 Å². The lowest BCUT2D eigenvalue weighted by Crippen LogP contribution is -2.42. The molecule has 6 heteroatoms. The summed E-state index contributed by atoms with van der Waals surface area (Å²) in [6.45, 7) is 2.47. The van der Waals surface area contributed by atoms with Gasteiger partial charge in [0.2, 0.25) is 5.91 Å². The van der Waals surface area contributed by atoms with E-state index in [2.05, 4.69) is 9.97 Å². The normalized spacial score (nSPS) is 16.3. The number of hydrogen-bond donors (Lipinski definition) is 0. The maximum absolute atomic E-state index is 12.9. The monoisotopic (exact) mass is 315 g/mol. The third kappa shape index (κ3) is 3.64. The third-order valence-electron chi connectivity index (χ3n) is 3.41. The van der Waals surface area contributed by atoms with Crippen molar-refractivity contribution in [3.63, 3.8) is 0 Å². The molecule has 0 N–H and O–H groups in total. The minimum Gasteiger partial charge on any atom is -0.378 e. The van der Waals surface area contributed by atoms with Crippen molar-refractivity contribution < 1.29 is 9.53 Å². The minimum atomic E-state index is -0.332. The lowest BCUT2D eigenvalue weighted by molar-refractivity contribution is -0.134. The molecule has 5 nitrogen and oxygen atoms in total. The van der Waals surface area contributed by atoms with Gasteiger partial charge in [-0.2, -0.15) is 0 Å². The highest BCUT2D eigenvalue weighted by atomic mass is 32.2. The van der Waals surface area contributed by atoms with E-state index in [1.54, 1.807) is 18.5 Å². The van der Waals surface area contributed by atoms with E-state index in [1.807, 2.05) is 35.2 Å². The molecule has 1 amide bonds. The molecule has 0 radical (unpaired) electrons. The van der Waals surface area contributed by atoms with Crippen LogP contribution in [-0.2, 0) is 9.53 Å². The number of hydrogen-bond acceptors (Lipinski definition) is 5. The molecule has 1 aliphatic rings. The summed E-state index contributed by atoms with van der Waals surface area (Å²) in [4.78, 5) is 23.2. The van der Waals surface area contributed by atoms with E-state index in [0.29, 0.717) is 31.5 Å². The van der Waals surface area contributed by atoms with Crippen LogP contribution in [0.4, 0.5) is 0 Å². The Labute approximate surface area is 133 Å². The molecule has 0 bridgehead atoms. The number of rotatable bonds is 4. The second-order valence-corrected chi connectivity index (χ2v) is 5.95. The van der Waals surface area contributed by atoms with Crippen LogP contribution in [0.2, 0.25) is 0 Å². The van der Waals surface area contributed by atoms with Gasteiger partial charge in [-0.25, -0.2) is 9.97 Å². The molecular weight excluding hydrogens is 298 g/mol. The Balaban J connectivity index is 1.84. The highest BCUT2D eigenvalue weighted by Gasteiger charge is 2.28. The molecule has 1 aromatic heterocycles. The Hall–Kier alpha value is -1.92. The van der Waals surface area contributed by atoms with Gasteiger partial charge in [0.05, 0.1) is 13.2 Å². The van der Waals surface area contributed by atoms with Crippen LogP contribution < -0.4 is 0 Å². The minimum absolute atomic E-state index is 0.0898. The number of nitrogens with zero attached hydrogens (tertiary/aromatic N) is 3. The number of carbonyl (C=O) groups is 1. The quantitative estimate of drug-likeness (QED) is 0.639. The van der Waals surface area contributed by atoms with Gasteiger partial charge in [-0.15, -0.1) is 0 Å². The number of morpholine rings is 1. The molecule has 1 fully saturated rings. The number of benzene rings is 1. The molecule has 2 heterocycles. The van der Waals surface area contributed by atoms with Crippen molar-refractivity contribution in [3.05, 3.63) is 54.4 Å². The van der Waals surface area contributed by atoms with E-state index in [0.717, 1.165) is 5.56 Å². The van der Waals surface area contributed by atoms with Crippen molar-refractivity contribution in [1.82, 2.24) is 14.9 Å². The number of aromatic nitrogens is 2. The molecule has 1 aliphatic heterocycles. The molecule has 1 saturated heterocycles. The highest BCUT2D eigenvalue weighted by Crippen LogP contribution is 2.34. The van der Waals surface area contributed by atoms with E-state index in [4.69, 9.17) is 4.74 Å². The Morgan fingerprint density at radius 2 is 1.77 bits per heavy atom. The molecule has 1 atom stereocenters. The van der Waals surface area contributed by atoms with Gasteiger partial charge in [-0.05, 0) is 11.6 Å². The SMILES string of the molecule is O=C(C(Sc1ncccn1)c1ccccc1)N1CCOCC1. The van der Waals surface area contributed by atoms with Crippen LogP contribution in [0.1, 0.15) is 10.8 Å². The zero-order valence-electron chi connectivity index (χ0n) is 12.1. The summed E-state index contributed by atoms with van der Waals surface area (Å²) in [5.74, 6) is 0.0898. The lowest BCUT2D eigenvalue weighted by atomic mass is 10.1. The maximum Gasteiger partial charge on any atom is 0.240 e. The molecule has 2 aromatic rings. The van der Waals surface area contributed by atoms with E-state index < -0.39 is 0 Å². The van der Waals surface area contributed by atoms with Crippen molar-refractivity contribution in [2.75, 3.05) is 26.3 Å². The molecule has 22 heavy (non-hydrogen) atoms. The van der Waals surface area contributed by atoms with Gasteiger partial charge in [-0.1, -0.05) is 42.1 Å². The number of amides is 1. The van der Waals surface area contributed by atoms with Crippen molar-refractivity contribution in [3.8, 4) is 0 Å². The summed E-state index contributed by atoms with van der Waals surface area (Å²) in [5.41, 5.74) is 0.969. The average Bonchev–Trinajstić information content (AvgIpc) is 2.61. The number of ether oxygens (including phenoxy) is 1. The van der Waals surface area contributed by atoms with Crippen molar-refractivity contribution in [1.29, 1.82) is 0 Å². The Morgan fingerprint density at radius 1 is 1.09 bits per heavy atom. The summed E-state index contributed by atoms with van der Waals surface area (Å²) >= 11 is 1.39. The molecule has 3 rings (SSSR count). The van der Waals surface area contributed by atoms with Crippen LogP contribution in [0, 0.1) is 0 Å². The Morgan fingerprint density at radius 3 is 2.45 bits per heavy atom. The molecule has 1 aromatic carbocycles. The van der Waals surface area contributed by atoms with Gasteiger partial charge < -0.3 is 9.64 Å². The van der Waals surface area contributed by atoms with Crippen LogP contribution in [0.15, 0.2) is 53.9 Å². The smallest absolute Gasteiger partial charge is 0.240 e. The fraction of sp³-hybridized carbons (Fsp3) is 0.312.